The first-order chi connectivity index (χ1) is 13.4. The van der Waals surface area contributed by atoms with Crippen LogP contribution in [0.4, 0.5) is 5.69 Å². The highest BCUT2D eigenvalue weighted by Crippen LogP contribution is 2.39. The van der Waals surface area contributed by atoms with Gasteiger partial charge in [0.1, 0.15) is 6.54 Å². The number of quaternary nitrogens is 1. The SMILES string of the molecule is CN(C)c1ccc(C[NH2+]CC[C@@H](c2ccccc2)[C@@H]2CCOC(C)(C)C2)cc1. The number of ether oxygens (including phenoxy) is 1. The predicted octanol–water partition coefficient (Wildman–Crippen LogP) is 4.20. The zero-order valence-corrected chi connectivity index (χ0v) is 18.0. The van der Waals surface area contributed by atoms with Crippen LogP contribution in [-0.2, 0) is 11.3 Å². The second-order valence-corrected chi connectivity index (χ2v) is 9.01. The van der Waals surface area contributed by atoms with Gasteiger partial charge in [-0.2, -0.15) is 0 Å². The number of hydrogen-bond acceptors (Lipinski definition) is 2. The summed E-state index contributed by atoms with van der Waals surface area (Å²) in [6.07, 6.45) is 3.55. The van der Waals surface area contributed by atoms with Crippen molar-refractivity contribution in [2.75, 3.05) is 32.1 Å². The monoisotopic (exact) mass is 381 g/mol. The molecule has 1 aliphatic rings. The molecule has 3 rings (SSSR count). The third-order valence-corrected chi connectivity index (χ3v) is 6.05. The van der Waals surface area contributed by atoms with Crippen LogP contribution in [-0.4, -0.2) is 32.8 Å². The Labute approximate surface area is 171 Å². The summed E-state index contributed by atoms with van der Waals surface area (Å²) in [5.74, 6) is 1.33. The van der Waals surface area contributed by atoms with Gasteiger partial charge in [-0.15, -0.1) is 0 Å². The molecule has 2 N–H and O–H groups in total. The summed E-state index contributed by atoms with van der Waals surface area (Å²) >= 11 is 0. The van der Waals surface area contributed by atoms with Gasteiger partial charge < -0.3 is 15.0 Å². The summed E-state index contributed by atoms with van der Waals surface area (Å²) in [5, 5.41) is 2.46. The maximum Gasteiger partial charge on any atom is 0.101 e. The lowest BCUT2D eigenvalue weighted by atomic mass is 9.75. The van der Waals surface area contributed by atoms with E-state index in [4.69, 9.17) is 4.74 Å². The van der Waals surface area contributed by atoms with Crippen molar-refractivity contribution in [2.24, 2.45) is 5.92 Å². The van der Waals surface area contributed by atoms with Crippen LogP contribution in [0.2, 0.25) is 0 Å². The molecule has 0 bridgehead atoms. The zero-order valence-electron chi connectivity index (χ0n) is 18.0. The molecule has 0 saturated carbocycles. The van der Waals surface area contributed by atoms with Crippen LogP contribution in [0.15, 0.2) is 54.6 Å². The molecular weight excluding hydrogens is 344 g/mol. The van der Waals surface area contributed by atoms with E-state index in [2.05, 4.69) is 92.8 Å². The van der Waals surface area contributed by atoms with E-state index in [1.165, 1.54) is 29.7 Å². The van der Waals surface area contributed by atoms with Crippen LogP contribution in [0.1, 0.15) is 50.2 Å². The molecule has 2 atom stereocenters. The summed E-state index contributed by atoms with van der Waals surface area (Å²) in [4.78, 5) is 2.15. The van der Waals surface area contributed by atoms with Crippen molar-refractivity contribution < 1.29 is 10.1 Å². The molecule has 1 heterocycles. The topological polar surface area (TPSA) is 29.1 Å². The molecule has 3 heteroatoms. The smallest absolute Gasteiger partial charge is 0.101 e. The van der Waals surface area contributed by atoms with Gasteiger partial charge in [0.2, 0.25) is 0 Å². The van der Waals surface area contributed by atoms with E-state index in [1.54, 1.807) is 0 Å². The number of nitrogens with two attached hydrogens (primary N) is 1. The summed E-state index contributed by atoms with van der Waals surface area (Å²) in [7, 11) is 4.17. The largest absolute Gasteiger partial charge is 0.378 e. The van der Waals surface area contributed by atoms with Crippen molar-refractivity contribution in [3.05, 3.63) is 65.7 Å². The second-order valence-electron chi connectivity index (χ2n) is 9.01. The first-order valence-corrected chi connectivity index (χ1v) is 10.7. The van der Waals surface area contributed by atoms with E-state index in [-0.39, 0.29) is 5.60 Å². The van der Waals surface area contributed by atoms with E-state index < -0.39 is 0 Å². The zero-order chi connectivity index (χ0) is 20.0. The maximum absolute atomic E-state index is 5.98. The number of hydrogen-bond donors (Lipinski definition) is 1. The first kappa shape index (κ1) is 20.9. The Kier molecular flexibility index (Phi) is 7.14. The molecule has 0 aliphatic carbocycles. The highest BCUT2D eigenvalue weighted by Gasteiger charge is 2.34. The Balaban J connectivity index is 1.57. The lowest BCUT2D eigenvalue weighted by Crippen LogP contribution is -2.82. The van der Waals surface area contributed by atoms with Crippen LogP contribution in [0.25, 0.3) is 0 Å². The molecule has 1 saturated heterocycles. The minimum Gasteiger partial charge on any atom is -0.378 e. The predicted molar refractivity (Wildman–Crippen MR) is 118 cm³/mol. The Hall–Kier alpha value is -1.84. The van der Waals surface area contributed by atoms with Crippen LogP contribution < -0.4 is 10.2 Å². The van der Waals surface area contributed by atoms with Gasteiger partial charge in [-0.25, -0.2) is 0 Å². The Morgan fingerprint density at radius 1 is 1.07 bits per heavy atom. The van der Waals surface area contributed by atoms with E-state index in [1.807, 2.05) is 0 Å². The maximum atomic E-state index is 5.98. The molecule has 152 valence electrons. The van der Waals surface area contributed by atoms with Crippen LogP contribution >= 0.6 is 0 Å². The number of rotatable bonds is 8. The van der Waals surface area contributed by atoms with Gasteiger partial charge in [0.15, 0.2) is 0 Å². The van der Waals surface area contributed by atoms with Crippen molar-refractivity contribution in [3.63, 3.8) is 0 Å². The van der Waals surface area contributed by atoms with Crippen molar-refractivity contribution in [1.82, 2.24) is 0 Å². The fraction of sp³-hybridized carbons (Fsp3) is 0.520. The van der Waals surface area contributed by atoms with Crippen LogP contribution in [0.3, 0.4) is 0 Å². The highest BCUT2D eigenvalue weighted by molar-refractivity contribution is 5.45. The van der Waals surface area contributed by atoms with Crippen molar-refractivity contribution >= 4 is 5.69 Å². The van der Waals surface area contributed by atoms with E-state index >= 15 is 0 Å². The third-order valence-electron chi connectivity index (χ3n) is 6.05. The summed E-state index contributed by atoms with van der Waals surface area (Å²) < 4.78 is 5.98. The molecule has 2 aromatic carbocycles. The van der Waals surface area contributed by atoms with E-state index in [9.17, 15) is 0 Å². The van der Waals surface area contributed by atoms with Crippen molar-refractivity contribution in [3.8, 4) is 0 Å². The Morgan fingerprint density at radius 3 is 2.43 bits per heavy atom. The fourth-order valence-electron chi connectivity index (χ4n) is 4.49. The highest BCUT2D eigenvalue weighted by atomic mass is 16.5. The number of anilines is 1. The standard InChI is InChI=1S/C25H36N2O/c1-25(2)18-22(15-17-28-25)24(21-8-6-5-7-9-21)14-16-26-19-20-10-12-23(13-11-20)27(3)4/h5-13,22,24,26H,14-19H2,1-4H3/p+1/t22-,24+/m1/s1. The molecular formula is C25H37N2O+. The molecule has 0 amide bonds. The molecule has 0 unspecified atom stereocenters. The van der Waals surface area contributed by atoms with Gasteiger partial charge in [0, 0.05) is 38.4 Å². The summed E-state index contributed by atoms with van der Waals surface area (Å²) in [5.41, 5.74) is 4.16. The molecule has 1 aliphatic heterocycles. The molecule has 28 heavy (non-hydrogen) atoms. The average molecular weight is 382 g/mol. The van der Waals surface area contributed by atoms with Gasteiger partial charge in [0.05, 0.1) is 12.1 Å². The normalized spacial score (nSPS) is 19.9. The van der Waals surface area contributed by atoms with E-state index in [0.717, 1.165) is 26.1 Å². The van der Waals surface area contributed by atoms with Gasteiger partial charge >= 0.3 is 0 Å². The Bertz CT molecular complexity index is 709. The van der Waals surface area contributed by atoms with Gasteiger partial charge in [-0.3, -0.25) is 0 Å². The molecule has 0 spiro atoms. The van der Waals surface area contributed by atoms with Gasteiger partial charge in [0.25, 0.3) is 0 Å². The average Bonchev–Trinajstić information content (AvgIpc) is 2.68. The summed E-state index contributed by atoms with van der Waals surface area (Å²) in [6, 6.07) is 20.0. The minimum atomic E-state index is 0.00778. The lowest BCUT2D eigenvalue weighted by molar-refractivity contribution is -0.671. The molecule has 2 aromatic rings. The molecule has 0 aromatic heterocycles. The van der Waals surface area contributed by atoms with Crippen molar-refractivity contribution in [2.45, 2.75) is 51.2 Å². The minimum absolute atomic E-state index is 0.00778. The van der Waals surface area contributed by atoms with Crippen LogP contribution in [0.5, 0.6) is 0 Å². The Morgan fingerprint density at radius 2 is 1.79 bits per heavy atom. The molecule has 0 radical (unpaired) electrons. The fourth-order valence-corrected chi connectivity index (χ4v) is 4.49. The third kappa shape index (κ3) is 5.83. The van der Waals surface area contributed by atoms with Crippen LogP contribution in [0, 0.1) is 5.92 Å². The van der Waals surface area contributed by atoms with Gasteiger partial charge in [-0.05, 0) is 56.2 Å². The first-order valence-electron chi connectivity index (χ1n) is 10.7. The number of nitrogens with zero attached hydrogens (tertiary/aromatic N) is 1. The lowest BCUT2D eigenvalue weighted by Gasteiger charge is -2.39. The molecule has 1 fully saturated rings. The number of benzene rings is 2. The van der Waals surface area contributed by atoms with Gasteiger partial charge in [-0.1, -0.05) is 42.5 Å². The quantitative estimate of drug-likeness (QED) is 0.695. The second kappa shape index (κ2) is 9.58. The summed E-state index contributed by atoms with van der Waals surface area (Å²) in [6.45, 7) is 7.58. The van der Waals surface area contributed by atoms with E-state index in [0.29, 0.717) is 11.8 Å². The van der Waals surface area contributed by atoms with Crippen molar-refractivity contribution in [1.29, 1.82) is 0 Å². The molecule has 3 nitrogen and oxygen atoms in total.